The summed E-state index contributed by atoms with van der Waals surface area (Å²) in [6, 6.07) is 7.66. The highest BCUT2D eigenvalue weighted by atomic mass is 32.1. The molecule has 1 N–H and O–H groups in total. The van der Waals surface area contributed by atoms with Gasteiger partial charge in [0.25, 0.3) is 0 Å². The summed E-state index contributed by atoms with van der Waals surface area (Å²) >= 11 is 6.72. The minimum Gasteiger partial charge on any atom is -0.295 e. The van der Waals surface area contributed by atoms with Gasteiger partial charge in [0.15, 0.2) is 22.2 Å². The monoisotopic (exact) mass is 309 g/mol. The van der Waals surface area contributed by atoms with Crippen LogP contribution < -0.4 is 0 Å². The van der Waals surface area contributed by atoms with Crippen LogP contribution in [0.25, 0.3) is 10.7 Å². The van der Waals surface area contributed by atoms with Crippen molar-refractivity contribution in [3.8, 4) is 10.7 Å². The van der Waals surface area contributed by atoms with E-state index in [9.17, 15) is 8.78 Å². The second-order valence-electron chi connectivity index (χ2n) is 4.16. The van der Waals surface area contributed by atoms with Crippen LogP contribution in [0.4, 0.5) is 8.78 Å². The van der Waals surface area contributed by atoms with Gasteiger partial charge in [-0.1, -0.05) is 12.1 Å². The van der Waals surface area contributed by atoms with Gasteiger partial charge in [-0.3, -0.25) is 9.67 Å². The normalized spacial score (nSPS) is 10.9. The third-order valence-corrected chi connectivity index (χ3v) is 4.00. The Morgan fingerprint density at radius 1 is 1.25 bits per heavy atom. The van der Waals surface area contributed by atoms with Gasteiger partial charge >= 0.3 is 0 Å². The number of benzene rings is 1. The lowest BCUT2D eigenvalue weighted by molar-refractivity contribution is 0.506. The Bertz CT molecular complexity index is 790. The number of nitrogens with one attached hydrogen (secondary N) is 1. The number of halogens is 2. The summed E-state index contributed by atoms with van der Waals surface area (Å²) in [5, 5.41) is 8.85. The predicted molar refractivity (Wildman–Crippen MR) is 76.2 cm³/mol. The molecule has 102 valence electrons. The summed E-state index contributed by atoms with van der Waals surface area (Å²) in [5.74, 6) is -1.03. The molecule has 1 aromatic carbocycles. The van der Waals surface area contributed by atoms with E-state index in [0.29, 0.717) is 22.7 Å². The molecule has 2 aromatic heterocycles. The number of thiophene rings is 1. The third kappa shape index (κ3) is 2.41. The molecule has 0 aliphatic rings. The first-order valence-corrected chi connectivity index (χ1v) is 7.07. The van der Waals surface area contributed by atoms with Crippen molar-refractivity contribution < 1.29 is 8.78 Å². The van der Waals surface area contributed by atoms with Gasteiger partial charge < -0.3 is 0 Å². The molecule has 0 amide bonds. The smallest absolute Gasteiger partial charge is 0.195 e. The highest BCUT2D eigenvalue weighted by Gasteiger charge is 2.11. The quantitative estimate of drug-likeness (QED) is 0.742. The number of H-pyrrole nitrogens is 1. The lowest BCUT2D eigenvalue weighted by atomic mass is 10.2. The SMILES string of the molecule is Fc1ccc(Cn2c(-c3cccs3)n[nH]c2=S)cc1F. The maximum Gasteiger partial charge on any atom is 0.195 e. The summed E-state index contributed by atoms with van der Waals surface area (Å²) in [6.45, 7) is 0.333. The maximum atomic E-state index is 13.3. The fraction of sp³-hybridized carbons (Fsp3) is 0.0769. The number of hydrogen-bond donors (Lipinski definition) is 1. The number of aromatic amines is 1. The van der Waals surface area contributed by atoms with Crippen molar-refractivity contribution in [1.29, 1.82) is 0 Å². The zero-order valence-electron chi connectivity index (χ0n) is 10.1. The van der Waals surface area contributed by atoms with Crippen LogP contribution in [0.1, 0.15) is 5.56 Å². The molecule has 7 heteroatoms. The standard InChI is InChI=1S/C13H9F2N3S2/c14-9-4-3-8(6-10(9)15)7-18-12(16-17-13(18)19)11-2-1-5-20-11/h1-6H,7H2,(H,17,19). The molecule has 0 atom stereocenters. The van der Waals surface area contributed by atoms with Gasteiger partial charge in [-0.05, 0) is 41.4 Å². The Balaban J connectivity index is 2.00. The Kier molecular flexibility index (Phi) is 3.45. The van der Waals surface area contributed by atoms with Gasteiger partial charge in [0.1, 0.15) is 0 Å². The fourth-order valence-corrected chi connectivity index (χ4v) is 2.80. The molecular weight excluding hydrogens is 300 g/mol. The molecule has 0 aliphatic carbocycles. The highest BCUT2D eigenvalue weighted by Crippen LogP contribution is 2.23. The Hall–Kier alpha value is -1.86. The molecule has 3 aromatic rings. The summed E-state index contributed by atoms with van der Waals surface area (Å²) in [4.78, 5) is 0.958. The Morgan fingerprint density at radius 3 is 2.80 bits per heavy atom. The molecule has 0 fully saturated rings. The van der Waals surface area contributed by atoms with Gasteiger partial charge in [-0.15, -0.1) is 11.3 Å². The van der Waals surface area contributed by atoms with E-state index in [1.807, 2.05) is 17.5 Å². The first kappa shape index (κ1) is 13.1. The lowest BCUT2D eigenvalue weighted by Crippen LogP contribution is -2.02. The number of hydrogen-bond acceptors (Lipinski definition) is 3. The van der Waals surface area contributed by atoms with E-state index in [-0.39, 0.29) is 0 Å². The van der Waals surface area contributed by atoms with Crippen LogP contribution in [0.15, 0.2) is 35.7 Å². The first-order valence-electron chi connectivity index (χ1n) is 5.78. The third-order valence-electron chi connectivity index (χ3n) is 2.82. The van der Waals surface area contributed by atoms with Gasteiger partial charge in [0.2, 0.25) is 0 Å². The number of aromatic nitrogens is 3. The molecule has 0 radical (unpaired) electrons. The van der Waals surface area contributed by atoms with Crippen LogP contribution in [0.3, 0.4) is 0 Å². The molecule has 0 unspecified atom stereocenters. The summed E-state index contributed by atoms with van der Waals surface area (Å²) in [6.07, 6.45) is 0. The fourth-order valence-electron chi connectivity index (χ4n) is 1.88. The number of rotatable bonds is 3. The van der Waals surface area contributed by atoms with Gasteiger partial charge in [-0.25, -0.2) is 8.78 Å². The molecule has 20 heavy (non-hydrogen) atoms. The molecule has 0 spiro atoms. The van der Waals surface area contributed by atoms with Crippen LogP contribution in [-0.2, 0) is 6.54 Å². The molecule has 3 nitrogen and oxygen atoms in total. The van der Waals surface area contributed by atoms with Gasteiger partial charge in [0.05, 0.1) is 11.4 Å². The van der Waals surface area contributed by atoms with E-state index in [1.54, 1.807) is 4.57 Å². The van der Waals surface area contributed by atoms with Crippen molar-refractivity contribution in [3.05, 3.63) is 57.7 Å². The van der Waals surface area contributed by atoms with Crippen LogP contribution >= 0.6 is 23.6 Å². The van der Waals surface area contributed by atoms with Crippen molar-refractivity contribution >= 4 is 23.6 Å². The Labute approximate surface area is 122 Å². The first-order chi connectivity index (χ1) is 9.65. The lowest BCUT2D eigenvalue weighted by Gasteiger charge is -2.06. The average Bonchev–Trinajstić information content (AvgIpc) is 3.05. The topological polar surface area (TPSA) is 33.6 Å². The van der Waals surface area contributed by atoms with E-state index in [0.717, 1.165) is 10.9 Å². The van der Waals surface area contributed by atoms with Crippen LogP contribution in [0.2, 0.25) is 0 Å². The number of nitrogens with zero attached hydrogens (tertiary/aromatic N) is 2. The predicted octanol–water partition coefficient (Wildman–Crippen LogP) is 4.00. The molecule has 0 saturated carbocycles. The van der Waals surface area contributed by atoms with E-state index in [4.69, 9.17) is 12.2 Å². The van der Waals surface area contributed by atoms with Crippen LogP contribution in [0.5, 0.6) is 0 Å². The van der Waals surface area contributed by atoms with E-state index >= 15 is 0 Å². The van der Waals surface area contributed by atoms with E-state index in [2.05, 4.69) is 10.2 Å². The molecule has 3 rings (SSSR count). The van der Waals surface area contributed by atoms with Crippen molar-refractivity contribution in [3.63, 3.8) is 0 Å². The summed E-state index contributed by atoms with van der Waals surface area (Å²) in [5.41, 5.74) is 0.624. The van der Waals surface area contributed by atoms with Crippen molar-refractivity contribution in [2.75, 3.05) is 0 Å². The maximum absolute atomic E-state index is 13.3. The molecule has 2 heterocycles. The van der Waals surface area contributed by atoms with Gasteiger partial charge in [0, 0.05) is 0 Å². The highest BCUT2D eigenvalue weighted by molar-refractivity contribution is 7.71. The van der Waals surface area contributed by atoms with E-state index in [1.165, 1.54) is 23.5 Å². The van der Waals surface area contributed by atoms with E-state index < -0.39 is 11.6 Å². The summed E-state index contributed by atoms with van der Waals surface area (Å²) < 4.78 is 28.4. The van der Waals surface area contributed by atoms with Gasteiger partial charge in [-0.2, -0.15) is 5.10 Å². The average molecular weight is 309 g/mol. The molecule has 0 saturated heterocycles. The zero-order chi connectivity index (χ0) is 14.1. The van der Waals surface area contributed by atoms with Crippen molar-refractivity contribution in [2.24, 2.45) is 0 Å². The summed E-state index contributed by atoms with van der Waals surface area (Å²) in [7, 11) is 0. The second kappa shape index (κ2) is 5.26. The van der Waals surface area contributed by atoms with Crippen molar-refractivity contribution in [2.45, 2.75) is 6.54 Å². The van der Waals surface area contributed by atoms with Crippen LogP contribution in [0, 0.1) is 16.4 Å². The largest absolute Gasteiger partial charge is 0.295 e. The minimum atomic E-state index is -0.866. The van der Waals surface area contributed by atoms with Crippen molar-refractivity contribution in [1.82, 2.24) is 14.8 Å². The molecule has 0 aliphatic heterocycles. The second-order valence-corrected chi connectivity index (χ2v) is 5.50. The molecular formula is C13H9F2N3S2. The zero-order valence-corrected chi connectivity index (χ0v) is 11.8. The Morgan fingerprint density at radius 2 is 2.10 bits per heavy atom. The molecule has 0 bridgehead atoms. The van der Waals surface area contributed by atoms with Crippen LogP contribution in [-0.4, -0.2) is 14.8 Å². The minimum absolute atomic E-state index is 0.333.